The molecule has 120 valence electrons. The Hall–Kier alpha value is -2.43. The molecule has 0 aliphatic rings. The second-order valence-corrected chi connectivity index (χ2v) is 5.22. The Morgan fingerprint density at radius 2 is 2.00 bits per heavy atom. The number of aromatic nitrogens is 1. The standard InChI is InChI=1S/C14H15F3N2O3/c1-13(2,3)22-12(21)18-8-4-5-9-6-7-10(20)11(19-9)14(15,16)17/h6-7,20H,8H2,1-3H3,(H,18,21). The van der Waals surface area contributed by atoms with Gasteiger partial charge in [-0.15, -0.1) is 0 Å². The minimum atomic E-state index is -4.77. The van der Waals surface area contributed by atoms with Gasteiger partial charge in [0.25, 0.3) is 0 Å². The third-order valence-corrected chi connectivity index (χ3v) is 2.08. The van der Waals surface area contributed by atoms with E-state index in [1.807, 2.05) is 0 Å². The van der Waals surface area contributed by atoms with Crippen molar-refractivity contribution < 1.29 is 27.8 Å². The van der Waals surface area contributed by atoms with E-state index < -0.39 is 29.3 Å². The number of nitrogens with zero attached hydrogens (tertiary/aromatic N) is 1. The smallest absolute Gasteiger partial charge is 0.437 e. The summed E-state index contributed by atoms with van der Waals surface area (Å²) < 4.78 is 42.6. The zero-order chi connectivity index (χ0) is 17.0. The van der Waals surface area contributed by atoms with Crippen molar-refractivity contribution in [2.24, 2.45) is 0 Å². The SMILES string of the molecule is CC(C)(C)OC(=O)NCC#Cc1ccc(O)c(C(F)(F)F)n1. The molecule has 0 saturated heterocycles. The van der Waals surface area contributed by atoms with E-state index in [9.17, 15) is 18.0 Å². The highest BCUT2D eigenvalue weighted by molar-refractivity contribution is 5.68. The van der Waals surface area contributed by atoms with E-state index in [1.54, 1.807) is 20.8 Å². The van der Waals surface area contributed by atoms with Crippen molar-refractivity contribution in [3.05, 3.63) is 23.5 Å². The molecule has 22 heavy (non-hydrogen) atoms. The second kappa shape index (κ2) is 6.56. The summed E-state index contributed by atoms with van der Waals surface area (Å²) in [6.45, 7) is 4.96. The number of alkyl halides is 3. The van der Waals surface area contributed by atoms with Crippen molar-refractivity contribution in [3.8, 4) is 17.6 Å². The first kappa shape index (κ1) is 17.6. The molecule has 0 atom stereocenters. The molecule has 0 spiro atoms. The van der Waals surface area contributed by atoms with Crippen molar-refractivity contribution in [1.29, 1.82) is 0 Å². The molecule has 5 nitrogen and oxygen atoms in total. The van der Waals surface area contributed by atoms with Crippen LogP contribution in [0.5, 0.6) is 5.75 Å². The highest BCUT2D eigenvalue weighted by Gasteiger charge is 2.36. The van der Waals surface area contributed by atoms with Crippen LogP contribution in [0.3, 0.4) is 0 Å². The van der Waals surface area contributed by atoms with E-state index in [0.717, 1.165) is 12.1 Å². The average molecular weight is 316 g/mol. The molecule has 1 aromatic rings. The number of hydrogen-bond donors (Lipinski definition) is 2. The molecule has 0 bridgehead atoms. The van der Waals surface area contributed by atoms with E-state index in [2.05, 4.69) is 22.1 Å². The van der Waals surface area contributed by atoms with Crippen LogP contribution in [0.1, 0.15) is 32.2 Å². The van der Waals surface area contributed by atoms with E-state index in [4.69, 9.17) is 9.84 Å². The van der Waals surface area contributed by atoms with Gasteiger partial charge in [-0.2, -0.15) is 13.2 Å². The molecule has 0 aliphatic heterocycles. The molecule has 0 aliphatic carbocycles. The second-order valence-electron chi connectivity index (χ2n) is 5.22. The van der Waals surface area contributed by atoms with E-state index >= 15 is 0 Å². The van der Waals surface area contributed by atoms with Crippen LogP contribution in [-0.2, 0) is 10.9 Å². The first-order valence-corrected chi connectivity index (χ1v) is 6.22. The van der Waals surface area contributed by atoms with Gasteiger partial charge in [0.2, 0.25) is 0 Å². The summed E-state index contributed by atoms with van der Waals surface area (Å²) in [5, 5.41) is 11.5. The monoisotopic (exact) mass is 316 g/mol. The molecule has 1 rings (SSSR count). The van der Waals surface area contributed by atoms with Crippen molar-refractivity contribution in [3.63, 3.8) is 0 Å². The summed E-state index contributed by atoms with van der Waals surface area (Å²) in [4.78, 5) is 14.5. The zero-order valence-electron chi connectivity index (χ0n) is 12.2. The van der Waals surface area contributed by atoms with Gasteiger partial charge < -0.3 is 15.2 Å². The number of amides is 1. The number of hydrogen-bond acceptors (Lipinski definition) is 4. The lowest BCUT2D eigenvalue weighted by Gasteiger charge is -2.18. The summed E-state index contributed by atoms with van der Waals surface area (Å²) in [6, 6.07) is 2.01. The predicted octanol–water partition coefficient (Wildman–Crippen LogP) is 2.68. The van der Waals surface area contributed by atoms with Crippen LogP contribution in [0.2, 0.25) is 0 Å². The lowest BCUT2D eigenvalue weighted by Crippen LogP contribution is -2.32. The van der Waals surface area contributed by atoms with Crippen LogP contribution >= 0.6 is 0 Å². The lowest BCUT2D eigenvalue weighted by atomic mass is 10.2. The number of rotatable bonds is 1. The van der Waals surface area contributed by atoms with Gasteiger partial charge in [-0.25, -0.2) is 9.78 Å². The fourth-order valence-corrected chi connectivity index (χ4v) is 1.30. The molecule has 1 heterocycles. The Kier molecular flexibility index (Phi) is 5.25. The maximum Gasteiger partial charge on any atom is 0.437 e. The quantitative estimate of drug-likeness (QED) is 0.782. The number of alkyl carbamates (subject to hydrolysis) is 1. The number of pyridine rings is 1. The summed E-state index contributed by atoms with van der Waals surface area (Å²) in [6.07, 6.45) is -5.45. The van der Waals surface area contributed by atoms with Crippen molar-refractivity contribution in [2.75, 3.05) is 6.54 Å². The summed E-state index contributed by atoms with van der Waals surface area (Å²) >= 11 is 0. The highest BCUT2D eigenvalue weighted by atomic mass is 19.4. The van der Waals surface area contributed by atoms with Gasteiger partial charge in [-0.3, -0.25) is 0 Å². The van der Waals surface area contributed by atoms with Gasteiger partial charge in [0.15, 0.2) is 5.69 Å². The lowest BCUT2D eigenvalue weighted by molar-refractivity contribution is -0.142. The minimum absolute atomic E-state index is 0.112. The van der Waals surface area contributed by atoms with Crippen molar-refractivity contribution >= 4 is 6.09 Å². The van der Waals surface area contributed by atoms with E-state index in [1.165, 1.54) is 0 Å². The molecule has 1 amide bonds. The van der Waals surface area contributed by atoms with E-state index in [-0.39, 0.29) is 12.2 Å². The Morgan fingerprint density at radius 1 is 1.36 bits per heavy atom. The zero-order valence-corrected chi connectivity index (χ0v) is 12.2. The Balaban J connectivity index is 2.68. The minimum Gasteiger partial charge on any atom is -0.506 e. The first-order chi connectivity index (χ1) is 9.99. The van der Waals surface area contributed by atoms with Crippen LogP contribution in [0.25, 0.3) is 0 Å². The van der Waals surface area contributed by atoms with Gasteiger partial charge in [0, 0.05) is 0 Å². The highest BCUT2D eigenvalue weighted by Crippen LogP contribution is 2.33. The van der Waals surface area contributed by atoms with Crippen LogP contribution < -0.4 is 5.32 Å². The fraction of sp³-hybridized carbons (Fsp3) is 0.429. The molecule has 0 aromatic carbocycles. The third kappa shape index (κ3) is 5.91. The maximum atomic E-state index is 12.5. The van der Waals surface area contributed by atoms with Crippen molar-refractivity contribution in [1.82, 2.24) is 10.3 Å². The molecular weight excluding hydrogens is 301 g/mol. The van der Waals surface area contributed by atoms with Crippen molar-refractivity contribution in [2.45, 2.75) is 32.5 Å². The molecule has 2 N–H and O–H groups in total. The van der Waals surface area contributed by atoms with E-state index in [0.29, 0.717) is 0 Å². The maximum absolute atomic E-state index is 12.5. The average Bonchev–Trinajstić information content (AvgIpc) is 2.33. The molecule has 1 aromatic heterocycles. The molecule has 0 saturated carbocycles. The molecular formula is C14H15F3N2O3. The Morgan fingerprint density at radius 3 is 2.55 bits per heavy atom. The topological polar surface area (TPSA) is 71.5 Å². The summed E-state index contributed by atoms with van der Waals surface area (Å²) in [7, 11) is 0. The van der Waals surface area contributed by atoms with Crippen LogP contribution in [0.4, 0.5) is 18.0 Å². The van der Waals surface area contributed by atoms with Crippen LogP contribution in [0.15, 0.2) is 12.1 Å². The fourth-order valence-electron chi connectivity index (χ4n) is 1.30. The van der Waals surface area contributed by atoms with Gasteiger partial charge >= 0.3 is 12.3 Å². The van der Waals surface area contributed by atoms with Gasteiger partial charge in [-0.1, -0.05) is 5.92 Å². The number of carbonyl (C=O) groups is 1. The number of carbonyl (C=O) groups excluding carboxylic acids is 1. The van der Waals surface area contributed by atoms with Gasteiger partial charge in [0.1, 0.15) is 17.0 Å². The normalized spacial score (nSPS) is 11.4. The Labute approximate surface area is 125 Å². The largest absolute Gasteiger partial charge is 0.506 e. The van der Waals surface area contributed by atoms with Crippen LogP contribution in [0, 0.1) is 11.8 Å². The van der Waals surface area contributed by atoms with Crippen LogP contribution in [-0.4, -0.2) is 28.3 Å². The third-order valence-electron chi connectivity index (χ3n) is 2.08. The number of ether oxygens (including phenoxy) is 1. The number of nitrogens with one attached hydrogen (secondary N) is 1. The molecule has 8 heteroatoms. The van der Waals surface area contributed by atoms with Gasteiger partial charge in [0.05, 0.1) is 6.54 Å². The molecule has 0 radical (unpaired) electrons. The number of halogens is 3. The van der Waals surface area contributed by atoms with Gasteiger partial charge in [-0.05, 0) is 38.8 Å². The predicted molar refractivity (Wildman–Crippen MR) is 72.0 cm³/mol. The Bertz CT molecular complexity index is 610. The molecule has 0 fully saturated rings. The summed E-state index contributed by atoms with van der Waals surface area (Å²) in [5.74, 6) is 3.84. The summed E-state index contributed by atoms with van der Waals surface area (Å²) in [5.41, 5.74) is -2.23. The number of aromatic hydroxyl groups is 1. The first-order valence-electron chi connectivity index (χ1n) is 6.22. The molecule has 0 unspecified atom stereocenters.